The van der Waals surface area contributed by atoms with Crippen LogP contribution in [0.4, 0.5) is 0 Å². The fraction of sp³-hybridized carbons (Fsp3) is 0.132. The second-order valence-electron chi connectivity index (χ2n) is 16.4. The first-order valence-corrected chi connectivity index (χ1v) is 27.4. The van der Waals surface area contributed by atoms with Gasteiger partial charge in [0.15, 0.2) is 0 Å². The SMILES string of the molecule is CC(C)Cc1cc(-c2[c-]cccc2)nc[c]1[Ge]([CH3])([CH3])[CH3].[Ir].[c-]1ccc2c(oc3ccccc32)c1-c1nc2cc3ccccc3cc2n1-c1ccc(-c2ccccc2)cc1. The van der Waals surface area contributed by atoms with Gasteiger partial charge in [-0.15, -0.1) is 18.2 Å². The van der Waals surface area contributed by atoms with Crippen LogP contribution in [0.5, 0.6) is 0 Å². The number of aromatic nitrogens is 3. The number of fused-ring (bicyclic) bond motifs is 5. The third-order valence-corrected chi connectivity index (χ3v) is 15.1. The first-order valence-electron chi connectivity index (χ1n) is 20.1. The summed E-state index contributed by atoms with van der Waals surface area (Å²) >= 11 is -1.86. The van der Waals surface area contributed by atoms with Gasteiger partial charge in [-0.3, -0.25) is 4.98 Å². The van der Waals surface area contributed by atoms with Crippen LogP contribution in [0, 0.1) is 18.1 Å². The van der Waals surface area contributed by atoms with E-state index in [9.17, 15) is 0 Å². The monoisotopic (exact) mass is 1010 g/mol. The van der Waals surface area contributed by atoms with Crippen LogP contribution in [0.15, 0.2) is 168 Å². The molecule has 0 atom stereocenters. The fourth-order valence-electron chi connectivity index (χ4n) is 7.96. The molecule has 0 saturated carbocycles. The molecule has 293 valence electrons. The molecule has 0 aliphatic rings. The zero-order chi connectivity index (χ0) is 39.8. The van der Waals surface area contributed by atoms with Gasteiger partial charge in [-0.05, 0) is 52.2 Å². The third-order valence-electron chi connectivity index (χ3n) is 10.7. The van der Waals surface area contributed by atoms with Crippen molar-refractivity contribution in [1.29, 1.82) is 0 Å². The van der Waals surface area contributed by atoms with E-state index >= 15 is 0 Å². The molecule has 0 spiro atoms. The van der Waals surface area contributed by atoms with Gasteiger partial charge in [0, 0.05) is 31.2 Å². The van der Waals surface area contributed by atoms with Gasteiger partial charge in [0.05, 0.1) is 22.4 Å². The standard InChI is InChI=1S/C35H21N2O.C18H24GeN.Ir/c1-2-9-23(10-3-1)24-17-19-27(20-18-24)37-32-22-26-12-5-4-11-25(26)21-31(32)36-35(37)30-15-8-14-29-28-13-6-7-16-33(28)38-34(29)30;1-14(2)11-16-12-18(15-9-7-6-8-10-15)20-13-17(16)19(3,4)5;/h1-14,16-22H;6-9,12-14H,11H2,1-5H3;/q2*-1;. The van der Waals surface area contributed by atoms with Crippen molar-refractivity contribution >= 4 is 61.4 Å². The molecular weight excluding hydrogens is 959 g/mol. The molecule has 59 heavy (non-hydrogen) atoms. The smallest absolute Gasteiger partial charge is 0.120 e. The van der Waals surface area contributed by atoms with Crippen molar-refractivity contribution in [3.05, 3.63) is 182 Å². The van der Waals surface area contributed by atoms with Crippen LogP contribution in [0.25, 0.3) is 83.2 Å². The van der Waals surface area contributed by atoms with E-state index in [1.54, 1.807) is 4.40 Å². The normalized spacial score (nSPS) is 11.6. The van der Waals surface area contributed by atoms with E-state index in [-0.39, 0.29) is 20.1 Å². The number of imidazole rings is 1. The summed E-state index contributed by atoms with van der Waals surface area (Å²) in [5, 5.41) is 4.51. The fourth-order valence-corrected chi connectivity index (χ4v) is 11.3. The summed E-state index contributed by atoms with van der Waals surface area (Å²) < 4.78 is 10.2. The second kappa shape index (κ2) is 16.9. The summed E-state index contributed by atoms with van der Waals surface area (Å²) in [6, 6.07) is 61.3. The number of rotatable bonds is 7. The van der Waals surface area contributed by atoms with Gasteiger partial charge in [-0.2, -0.15) is 0 Å². The minimum atomic E-state index is -1.86. The molecule has 10 rings (SSSR count). The molecule has 6 heteroatoms. The number of nitrogens with zero attached hydrogens (tertiary/aromatic N) is 3. The van der Waals surface area contributed by atoms with Crippen LogP contribution >= 0.6 is 0 Å². The van der Waals surface area contributed by atoms with Crippen molar-refractivity contribution in [3.63, 3.8) is 0 Å². The molecule has 3 heterocycles. The Morgan fingerprint density at radius 2 is 1.37 bits per heavy atom. The van der Waals surface area contributed by atoms with Crippen molar-refractivity contribution < 1.29 is 24.5 Å². The van der Waals surface area contributed by atoms with Crippen molar-refractivity contribution in [3.8, 4) is 39.5 Å². The van der Waals surface area contributed by atoms with Crippen molar-refractivity contribution in [2.24, 2.45) is 5.92 Å². The van der Waals surface area contributed by atoms with Crippen molar-refractivity contribution in [2.75, 3.05) is 0 Å². The van der Waals surface area contributed by atoms with Gasteiger partial charge < -0.3 is 8.98 Å². The summed E-state index contributed by atoms with van der Waals surface area (Å²) in [5.74, 6) is 8.81. The molecule has 0 unspecified atom stereocenters. The van der Waals surface area contributed by atoms with E-state index in [4.69, 9.17) is 14.4 Å². The summed E-state index contributed by atoms with van der Waals surface area (Å²) in [6.45, 7) is 4.57. The largest absolute Gasteiger partial charge is 0.501 e. The van der Waals surface area contributed by atoms with Gasteiger partial charge in [-0.25, -0.2) is 0 Å². The number of furan rings is 1. The van der Waals surface area contributed by atoms with E-state index in [2.05, 4.69) is 163 Å². The first-order chi connectivity index (χ1) is 28.2. The zero-order valence-corrected chi connectivity index (χ0v) is 38.4. The second-order valence-corrected chi connectivity index (χ2v) is 27.0. The predicted molar refractivity (Wildman–Crippen MR) is 246 cm³/mol. The van der Waals surface area contributed by atoms with Crippen LogP contribution in [-0.4, -0.2) is 27.8 Å². The Bertz CT molecular complexity index is 3040. The van der Waals surface area contributed by atoms with Gasteiger partial charge >= 0.3 is 126 Å². The van der Waals surface area contributed by atoms with E-state index in [0.29, 0.717) is 5.92 Å². The Hall–Kier alpha value is -5.59. The Morgan fingerprint density at radius 3 is 2.10 bits per heavy atom. The zero-order valence-electron chi connectivity index (χ0n) is 34.0. The molecule has 0 aliphatic heterocycles. The molecule has 0 amide bonds. The quantitative estimate of drug-likeness (QED) is 0.118. The van der Waals surface area contributed by atoms with Crippen LogP contribution in [0.1, 0.15) is 19.4 Å². The molecule has 10 aromatic rings. The van der Waals surface area contributed by atoms with E-state index in [0.717, 1.165) is 67.7 Å². The molecule has 7 aromatic carbocycles. The number of benzene rings is 7. The molecular formula is C53H45GeIrN3O-2. The summed E-state index contributed by atoms with van der Waals surface area (Å²) in [7, 11) is 0. The molecule has 3 aromatic heterocycles. The van der Waals surface area contributed by atoms with Gasteiger partial charge in [0.1, 0.15) is 5.58 Å². The number of hydrogen-bond donors (Lipinski definition) is 0. The minimum absolute atomic E-state index is 0. The Morgan fingerprint density at radius 1 is 0.678 bits per heavy atom. The number of para-hydroxylation sites is 1. The summed E-state index contributed by atoms with van der Waals surface area (Å²) in [5.41, 5.74) is 11.6. The van der Waals surface area contributed by atoms with Gasteiger partial charge in [-0.1, -0.05) is 95.9 Å². The molecule has 0 N–H and O–H groups in total. The summed E-state index contributed by atoms with van der Waals surface area (Å²) in [4.78, 5) is 9.88. The van der Waals surface area contributed by atoms with E-state index in [1.165, 1.54) is 27.5 Å². The maximum absolute atomic E-state index is 6.39. The van der Waals surface area contributed by atoms with Crippen molar-refractivity contribution in [2.45, 2.75) is 37.5 Å². The average Bonchev–Trinajstić information content (AvgIpc) is 3.81. The van der Waals surface area contributed by atoms with Crippen LogP contribution in [0.3, 0.4) is 0 Å². The number of hydrogen-bond acceptors (Lipinski definition) is 3. The molecule has 0 saturated heterocycles. The first kappa shape index (κ1) is 40.2. The van der Waals surface area contributed by atoms with Gasteiger partial charge in [0.2, 0.25) is 0 Å². The van der Waals surface area contributed by atoms with E-state index in [1.807, 2.05) is 48.5 Å². The molecule has 0 bridgehead atoms. The van der Waals surface area contributed by atoms with Gasteiger partial charge in [0.25, 0.3) is 0 Å². The van der Waals surface area contributed by atoms with Crippen molar-refractivity contribution in [1.82, 2.24) is 14.5 Å². The van der Waals surface area contributed by atoms with Crippen LogP contribution < -0.4 is 4.40 Å². The topological polar surface area (TPSA) is 43.9 Å². The summed E-state index contributed by atoms with van der Waals surface area (Å²) in [6.07, 6.45) is 3.27. The third kappa shape index (κ3) is 8.21. The maximum Gasteiger partial charge on any atom is 0.120 e. The Balaban J connectivity index is 0.000000197. The number of pyridine rings is 1. The molecule has 0 aliphatic carbocycles. The average molecular weight is 1000 g/mol. The molecule has 0 fully saturated rings. The predicted octanol–water partition coefficient (Wildman–Crippen LogP) is 13.5. The molecule has 1 radical (unpaired) electrons. The maximum atomic E-state index is 6.39. The molecule has 4 nitrogen and oxygen atoms in total. The minimum Gasteiger partial charge on any atom is -0.501 e. The Kier molecular flexibility index (Phi) is 11.5. The Labute approximate surface area is 362 Å². The van der Waals surface area contributed by atoms with Crippen LogP contribution in [0.2, 0.25) is 17.3 Å². The van der Waals surface area contributed by atoms with Crippen LogP contribution in [-0.2, 0) is 26.5 Å². The van der Waals surface area contributed by atoms with E-state index < -0.39 is 13.3 Å².